The first-order valence-corrected chi connectivity index (χ1v) is 9.83. The van der Waals surface area contributed by atoms with Crippen LogP contribution in [0.3, 0.4) is 0 Å². The fourth-order valence-corrected chi connectivity index (χ4v) is 4.66. The van der Waals surface area contributed by atoms with Gasteiger partial charge >= 0.3 is 0 Å². The van der Waals surface area contributed by atoms with Gasteiger partial charge in [0.25, 0.3) is 0 Å². The first-order chi connectivity index (χ1) is 11.7. The van der Waals surface area contributed by atoms with Gasteiger partial charge in [0, 0.05) is 12.6 Å². The summed E-state index contributed by atoms with van der Waals surface area (Å²) in [7, 11) is 0. The van der Waals surface area contributed by atoms with Crippen LogP contribution in [-0.2, 0) is 6.42 Å². The lowest BCUT2D eigenvalue weighted by Crippen LogP contribution is -2.41. The van der Waals surface area contributed by atoms with Crippen LogP contribution in [0.5, 0.6) is 5.75 Å². The van der Waals surface area contributed by atoms with Gasteiger partial charge in [0.2, 0.25) is 0 Å². The lowest BCUT2D eigenvalue weighted by atomic mass is 9.76. The molecule has 0 spiro atoms. The predicted octanol–water partition coefficient (Wildman–Crippen LogP) is 3.98. The van der Waals surface area contributed by atoms with Gasteiger partial charge in [-0.1, -0.05) is 25.8 Å². The van der Waals surface area contributed by atoms with Crippen molar-refractivity contribution in [3.05, 3.63) is 29.3 Å². The number of rotatable bonds is 6. The average molecular weight is 332 g/mol. The number of aryl methyl sites for hydroxylation is 1. The van der Waals surface area contributed by atoms with Crippen molar-refractivity contribution in [2.45, 2.75) is 70.3 Å². The standard InChI is InChI=1S/C21H33NO2/c1-15-4-6-16(7-5-15)14-22-21-11-8-17-13-18(24)9-10-19(17)20(21)3-2-12-23/h9-10,13,15-16,20-24H,2-8,11-12,14H2,1H3. The second-order valence-electron chi connectivity index (χ2n) is 8.03. The van der Waals surface area contributed by atoms with Crippen molar-refractivity contribution >= 4 is 0 Å². The number of hydrogen-bond acceptors (Lipinski definition) is 3. The first kappa shape index (κ1) is 17.8. The Kier molecular flexibility index (Phi) is 6.18. The first-order valence-electron chi connectivity index (χ1n) is 9.83. The molecule has 3 nitrogen and oxygen atoms in total. The van der Waals surface area contributed by atoms with Gasteiger partial charge in [-0.25, -0.2) is 0 Å². The largest absolute Gasteiger partial charge is 0.508 e. The van der Waals surface area contributed by atoms with E-state index in [1.807, 2.05) is 12.1 Å². The minimum Gasteiger partial charge on any atom is -0.508 e. The van der Waals surface area contributed by atoms with Crippen LogP contribution in [-0.4, -0.2) is 29.4 Å². The quantitative estimate of drug-likeness (QED) is 0.739. The Morgan fingerprint density at radius 2 is 1.92 bits per heavy atom. The van der Waals surface area contributed by atoms with E-state index in [2.05, 4.69) is 18.3 Å². The van der Waals surface area contributed by atoms with Gasteiger partial charge < -0.3 is 15.5 Å². The van der Waals surface area contributed by atoms with E-state index in [1.165, 1.54) is 36.8 Å². The van der Waals surface area contributed by atoms with Gasteiger partial charge in [-0.15, -0.1) is 0 Å². The van der Waals surface area contributed by atoms with E-state index in [1.54, 1.807) is 0 Å². The van der Waals surface area contributed by atoms with Crippen molar-refractivity contribution in [2.75, 3.05) is 13.2 Å². The number of phenolic OH excluding ortho intramolecular Hbond substituents is 1. The monoisotopic (exact) mass is 331 g/mol. The third-order valence-electron chi connectivity index (χ3n) is 6.21. The fourth-order valence-electron chi connectivity index (χ4n) is 4.66. The number of fused-ring (bicyclic) bond motifs is 1. The molecule has 2 aliphatic rings. The van der Waals surface area contributed by atoms with E-state index in [0.717, 1.165) is 44.1 Å². The van der Waals surface area contributed by atoms with Crippen molar-refractivity contribution < 1.29 is 10.2 Å². The topological polar surface area (TPSA) is 52.5 Å². The van der Waals surface area contributed by atoms with Gasteiger partial charge in [0.15, 0.2) is 0 Å². The highest BCUT2D eigenvalue weighted by Crippen LogP contribution is 2.37. The van der Waals surface area contributed by atoms with Gasteiger partial charge in [0.05, 0.1) is 0 Å². The lowest BCUT2D eigenvalue weighted by molar-refractivity contribution is 0.248. The van der Waals surface area contributed by atoms with Crippen LogP contribution in [0.4, 0.5) is 0 Å². The Morgan fingerprint density at radius 3 is 2.67 bits per heavy atom. The fraction of sp³-hybridized carbons (Fsp3) is 0.714. The van der Waals surface area contributed by atoms with Crippen molar-refractivity contribution in [2.24, 2.45) is 11.8 Å². The summed E-state index contributed by atoms with van der Waals surface area (Å²) in [4.78, 5) is 0. The summed E-state index contributed by atoms with van der Waals surface area (Å²) >= 11 is 0. The molecule has 134 valence electrons. The number of nitrogens with one attached hydrogen (secondary N) is 1. The van der Waals surface area contributed by atoms with Gasteiger partial charge in [-0.2, -0.15) is 0 Å². The van der Waals surface area contributed by atoms with E-state index in [4.69, 9.17) is 0 Å². The van der Waals surface area contributed by atoms with E-state index < -0.39 is 0 Å². The van der Waals surface area contributed by atoms with Crippen LogP contribution in [0.15, 0.2) is 18.2 Å². The predicted molar refractivity (Wildman–Crippen MR) is 98.4 cm³/mol. The molecule has 1 fully saturated rings. The number of phenols is 1. The zero-order chi connectivity index (χ0) is 16.9. The molecule has 3 rings (SSSR count). The number of benzene rings is 1. The molecule has 0 aliphatic heterocycles. The molecule has 0 saturated heterocycles. The normalized spacial score (nSPS) is 30.1. The number of aromatic hydroxyl groups is 1. The van der Waals surface area contributed by atoms with Crippen LogP contribution < -0.4 is 5.32 Å². The van der Waals surface area contributed by atoms with Gasteiger partial charge in [-0.3, -0.25) is 0 Å². The molecule has 0 heterocycles. The number of aliphatic hydroxyl groups excluding tert-OH is 1. The Labute approximate surface area is 146 Å². The minimum absolute atomic E-state index is 0.261. The third kappa shape index (κ3) is 4.31. The van der Waals surface area contributed by atoms with Crippen LogP contribution in [0.1, 0.15) is 68.9 Å². The Bertz CT molecular complexity index is 523. The van der Waals surface area contributed by atoms with E-state index in [0.29, 0.717) is 17.7 Å². The summed E-state index contributed by atoms with van der Waals surface area (Å²) < 4.78 is 0. The number of hydrogen-bond donors (Lipinski definition) is 3. The molecular weight excluding hydrogens is 298 g/mol. The molecule has 1 saturated carbocycles. The molecule has 3 N–H and O–H groups in total. The second kappa shape index (κ2) is 8.35. The maximum atomic E-state index is 9.76. The average Bonchev–Trinajstić information content (AvgIpc) is 2.59. The summed E-state index contributed by atoms with van der Waals surface area (Å²) in [6.07, 6.45) is 9.55. The molecule has 1 aromatic carbocycles. The van der Waals surface area contributed by atoms with Crippen LogP contribution in [0, 0.1) is 11.8 Å². The SMILES string of the molecule is CC1CCC(CNC2CCc3cc(O)ccc3C2CCCO)CC1. The Hall–Kier alpha value is -1.06. The molecule has 3 heteroatoms. The molecule has 2 unspecified atom stereocenters. The molecule has 1 aromatic rings. The number of aliphatic hydroxyl groups is 1. The molecule has 2 atom stereocenters. The van der Waals surface area contributed by atoms with Crippen LogP contribution >= 0.6 is 0 Å². The molecule has 2 aliphatic carbocycles. The summed E-state index contributed by atoms with van der Waals surface area (Å²) in [6.45, 7) is 3.78. The van der Waals surface area contributed by atoms with Crippen molar-refractivity contribution in [1.82, 2.24) is 5.32 Å². The smallest absolute Gasteiger partial charge is 0.115 e. The molecule has 0 aromatic heterocycles. The van der Waals surface area contributed by atoms with Crippen LogP contribution in [0.25, 0.3) is 0 Å². The zero-order valence-electron chi connectivity index (χ0n) is 15.0. The maximum absolute atomic E-state index is 9.76. The highest BCUT2D eigenvalue weighted by molar-refractivity contribution is 5.39. The molecule has 0 radical (unpaired) electrons. The van der Waals surface area contributed by atoms with Gasteiger partial charge in [-0.05, 0) is 86.1 Å². The van der Waals surface area contributed by atoms with Crippen molar-refractivity contribution in [1.29, 1.82) is 0 Å². The van der Waals surface area contributed by atoms with Crippen LogP contribution in [0.2, 0.25) is 0 Å². The summed E-state index contributed by atoms with van der Waals surface area (Å²) in [5, 5.41) is 22.9. The van der Waals surface area contributed by atoms with E-state index in [9.17, 15) is 10.2 Å². The van der Waals surface area contributed by atoms with E-state index >= 15 is 0 Å². The minimum atomic E-state index is 0.261. The zero-order valence-corrected chi connectivity index (χ0v) is 15.0. The molecule has 0 amide bonds. The Morgan fingerprint density at radius 1 is 1.12 bits per heavy atom. The summed E-state index contributed by atoms with van der Waals surface area (Å²) in [6, 6.07) is 6.35. The maximum Gasteiger partial charge on any atom is 0.115 e. The summed E-state index contributed by atoms with van der Waals surface area (Å²) in [5.74, 6) is 2.58. The van der Waals surface area contributed by atoms with Crippen molar-refractivity contribution in [3.8, 4) is 5.75 Å². The van der Waals surface area contributed by atoms with Gasteiger partial charge in [0.1, 0.15) is 5.75 Å². The molecular formula is C21H33NO2. The molecule has 24 heavy (non-hydrogen) atoms. The van der Waals surface area contributed by atoms with E-state index in [-0.39, 0.29) is 6.61 Å². The second-order valence-corrected chi connectivity index (χ2v) is 8.03. The van der Waals surface area contributed by atoms with Crippen molar-refractivity contribution in [3.63, 3.8) is 0 Å². The third-order valence-corrected chi connectivity index (χ3v) is 6.21. The highest BCUT2D eigenvalue weighted by Gasteiger charge is 2.30. The summed E-state index contributed by atoms with van der Waals surface area (Å²) in [5.41, 5.74) is 2.67. The molecule has 0 bridgehead atoms. The Balaban J connectivity index is 1.64. The lowest BCUT2D eigenvalue weighted by Gasteiger charge is -2.36. The highest BCUT2D eigenvalue weighted by atomic mass is 16.3.